The highest BCUT2D eigenvalue weighted by Gasteiger charge is 2.39. The number of hydrogen-bond acceptors (Lipinski definition) is 3. The van der Waals surface area contributed by atoms with Gasteiger partial charge in [-0.3, -0.25) is 4.57 Å². The van der Waals surface area contributed by atoms with E-state index in [1.165, 1.54) is 6.07 Å². The van der Waals surface area contributed by atoms with Gasteiger partial charge in [0.05, 0.1) is 22.5 Å². The minimum Gasteiger partial charge on any atom is -0.371 e. The van der Waals surface area contributed by atoms with Crippen LogP contribution < -0.4 is 5.32 Å². The number of benzene rings is 2. The number of halogens is 3. The van der Waals surface area contributed by atoms with Crippen LogP contribution in [0, 0.1) is 12.7 Å². The van der Waals surface area contributed by atoms with Gasteiger partial charge in [0.1, 0.15) is 11.6 Å². The lowest BCUT2D eigenvalue weighted by molar-refractivity contribution is 0.151. The first-order chi connectivity index (χ1) is 15.3. The fourth-order valence-corrected chi connectivity index (χ4v) is 4.99. The zero-order valence-corrected chi connectivity index (χ0v) is 18.0. The highest BCUT2D eigenvalue weighted by Crippen LogP contribution is 2.48. The first kappa shape index (κ1) is 19.4. The molecule has 2 aromatic heterocycles. The van der Waals surface area contributed by atoms with E-state index in [-0.39, 0.29) is 16.8 Å². The summed E-state index contributed by atoms with van der Waals surface area (Å²) < 4.78 is 48.8. The molecule has 0 radical (unpaired) electrons. The summed E-state index contributed by atoms with van der Waals surface area (Å²) in [6.07, 6.45) is 1.27. The minimum absolute atomic E-state index is 0.0709. The predicted molar refractivity (Wildman–Crippen MR) is 117 cm³/mol. The summed E-state index contributed by atoms with van der Waals surface area (Å²) in [5.41, 5.74) is 0.814. The van der Waals surface area contributed by atoms with Crippen LogP contribution >= 0.6 is 0 Å². The van der Waals surface area contributed by atoms with Gasteiger partial charge < -0.3 is 9.88 Å². The summed E-state index contributed by atoms with van der Waals surface area (Å²) in [6, 6.07) is 9.13. The third-order valence-corrected chi connectivity index (χ3v) is 6.54. The maximum atomic E-state index is 15.6. The molecule has 1 saturated carbocycles. The van der Waals surface area contributed by atoms with Gasteiger partial charge in [0.15, 0.2) is 5.82 Å². The summed E-state index contributed by atoms with van der Waals surface area (Å²) in [6.45, 7) is 5.45. The van der Waals surface area contributed by atoms with Gasteiger partial charge in [0.2, 0.25) is 0 Å². The van der Waals surface area contributed by atoms with E-state index in [1.54, 1.807) is 17.6 Å². The Kier molecular flexibility index (Phi) is 3.86. The van der Waals surface area contributed by atoms with Gasteiger partial charge in [-0.1, -0.05) is 12.1 Å². The number of rotatable bonds is 3. The van der Waals surface area contributed by atoms with E-state index in [2.05, 4.69) is 20.1 Å². The zero-order chi connectivity index (χ0) is 22.4. The third-order valence-electron chi connectivity index (χ3n) is 6.54. The molecule has 2 aliphatic rings. The summed E-state index contributed by atoms with van der Waals surface area (Å²) in [5, 5.41) is 12.3. The average molecular weight is 437 g/mol. The SMILES string of the molecule is Cc1nnc2n1-c1c(cc(F)c(-c3cccc4c3ccn4C3CC3)c1C(F)F)NC2(C)C. The van der Waals surface area contributed by atoms with Crippen molar-refractivity contribution in [3.05, 3.63) is 59.6 Å². The fraction of sp³-hybridized carbons (Fsp3) is 0.333. The second-order valence-corrected chi connectivity index (χ2v) is 9.19. The topological polar surface area (TPSA) is 47.7 Å². The van der Waals surface area contributed by atoms with Crippen molar-refractivity contribution in [1.82, 2.24) is 19.3 Å². The van der Waals surface area contributed by atoms with Crippen molar-refractivity contribution in [2.75, 3.05) is 5.32 Å². The molecule has 6 rings (SSSR count). The lowest BCUT2D eigenvalue weighted by Gasteiger charge is -2.35. The van der Waals surface area contributed by atoms with E-state index < -0.39 is 17.8 Å². The number of nitrogens with zero attached hydrogens (tertiary/aromatic N) is 4. The smallest absolute Gasteiger partial charge is 0.266 e. The van der Waals surface area contributed by atoms with Gasteiger partial charge >= 0.3 is 0 Å². The van der Waals surface area contributed by atoms with Crippen LogP contribution in [0.1, 0.15) is 56.4 Å². The van der Waals surface area contributed by atoms with Gasteiger partial charge in [-0.25, -0.2) is 13.2 Å². The molecule has 1 aliphatic heterocycles. The average Bonchev–Trinajstić information content (AvgIpc) is 3.35. The first-order valence-corrected chi connectivity index (χ1v) is 10.7. The molecule has 32 heavy (non-hydrogen) atoms. The second kappa shape index (κ2) is 6.37. The predicted octanol–water partition coefficient (Wildman–Crippen LogP) is 6.27. The Morgan fingerprint density at radius 2 is 1.94 bits per heavy atom. The molecule has 8 heteroatoms. The molecule has 5 nitrogen and oxygen atoms in total. The zero-order valence-electron chi connectivity index (χ0n) is 18.0. The van der Waals surface area contributed by atoms with Crippen molar-refractivity contribution in [1.29, 1.82) is 0 Å². The Hall–Kier alpha value is -3.29. The normalized spacial score (nSPS) is 16.8. The number of fused-ring (bicyclic) bond motifs is 4. The summed E-state index contributed by atoms with van der Waals surface area (Å²) in [5.74, 6) is 0.316. The summed E-state index contributed by atoms with van der Waals surface area (Å²) in [4.78, 5) is 0. The summed E-state index contributed by atoms with van der Waals surface area (Å²) >= 11 is 0. The number of aromatic nitrogens is 4. The van der Waals surface area contributed by atoms with E-state index in [9.17, 15) is 8.78 Å². The molecule has 0 unspecified atom stereocenters. The van der Waals surface area contributed by atoms with Crippen molar-refractivity contribution in [2.45, 2.75) is 51.6 Å². The van der Waals surface area contributed by atoms with Gasteiger partial charge in [0.25, 0.3) is 6.43 Å². The molecule has 0 spiro atoms. The van der Waals surface area contributed by atoms with Crippen LogP contribution in [-0.4, -0.2) is 19.3 Å². The number of nitrogens with one attached hydrogen (secondary N) is 1. The van der Waals surface area contributed by atoms with Crippen LogP contribution in [0.4, 0.5) is 18.9 Å². The van der Waals surface area contributed by atoms with E-state index in [0.29, 0.717) is 28.9 Å². The van der Waals surface area contributed by atoms with Crippen LogP contribution in [0.15, 0.2) is 36.5 Å². The Morgan fingerprint density at radius 3 is 2.66 bits per heavy atom. The number of anilines is 1. The molecule has 164 valence electrons. The molecule has 1 aliphatic carbocycles. The Labute approximate surface area is 182 Å². The standard InChI is InChI=1S/C24H22F3N5/c1-12-29-30-23-24(2,3)28-17-11-16(25)19(20(22(26)27)21(17)32(12)23)15-5-4-6-18-14(15)9-10-31(18)13-7-8-13/h4-6,9-11,13,22,28H,7-8H2,1-3H3. The Bertz CT molecular complexity index is 1390. The lowest BCUT2D eigenvalue weighted by atomic mass is 9.91. The molecule has 0 amide bonds. The Morgan fingerprint density at radius 1 is 1.16 bits per heavy atom. The molecule has 2 aromatic carbocycles. The van der Waals surface area contributed by atoms with Crippen LogP contribution in [-0.2, 0) is 5.54 Å². The lowest BCUT2D eigenvalue weighted by Crippen LogP contribution is -2.36. The second-order valence-electron chi connectivity index (χ2n) is 9.19. The molecule has 1 N–H and O–H groups in total. The van der Waals surface area contributed by atoms with Crippen LogP contribution in [0.25, 0.3) is 27.7 Å². The van der Waals surface area contributed by atoms with E-state index in [1.807, 2.05) is 38.2 Å². The Balaban J connectivity index is 1.69. The molecule has 1 fully saturated rings. The van der Waals surface area contributed by atoms with E-state index in [4.69, 9.17) is 0 Å². The molecular weight excluding hydrogens is 415 g/mol. The van der Waals surface area contributed by atoms with Gasteiger partial charge in [0, 0.05) is 28.7 Å². The largest absolute Gasteiger partial charge is 0.371 e. The highest BCUT2D eigenvalue weighted by molar-refractivity contribution is 5.98. The molecule has 0 bridgehead atoms. The van der Waals surface area contributed by atoms with Gasteiger partial charge in [-0.05, 0) is 57.4 Å². The number of hydrogen-bond donors (Lipinski definition) is 1. The van der Waals surface area contributed by atoms with Crippen molar-refractivity contribution < 1.29 is 13.2 Å². The van der Waals surface area contributed by atoms with Crippen molar-refractivity contribution in [3.8, 4) is 16.8 Å². The maximum Gasteiger partial charge on any atom is 0.266 e. The van der Waals surface area contributed by atoms with Crippen molar-refractivity contribution in [3.63, 3.8) is 0 Å². The maximum absolute atomic E-state index is 15.6. The van der Waals surface area contributed by atoms with E-state index in [0.717, 1.165) is 23.7 Å². The minimum atomic E-state index is -2.90. The molecule has 0 atom stereocenters. The fourth-order valence-electron chi connectivity index (χ4n) is 4.99. The third kappa shape index (κ3) is 2.58. The molecule has 4 aromatic rings. The van der Waals surface area contributed by atoms with Gasteiger partial charge in [-0.15, -0.1) is 10.2 Å². The van der Waals surface area contributed by atoms with Crippen molar-refractivity contribution in [2.24, 2.45) is 0 Å². The van der Waals surface area contributed by atoms with Crippen molar-refractivity contribution >= 4 is 16.6 Å². The summed E-state index contributed by atoms with van der Waals surface area (Å²) in [7, 11) is 0. The van der Waals surface area contributed by atoms with Gasteiger partial charge in [-0.2, -0.15) is 0 Å². The van der Waals surface area contributed by atoms with Crippen LogP contribution in [0.5, 0.6) is 0 Å². The number of aryl methyl sites for hydroxylation is 1. The van der Waals surface area contributed by atoms with Crippen LogP contribution in [0.3, 0.4) is 0 Å². The quantitative estimate of drug-likeness (QED) is 0.411. The monoisotopic (exact) mass is 437 g/mol. The van der Waals surface area contributed by atoms with E-state index >= 15 is 4.39 Å². The van der Waals surface area contributed by atoms with Crippen LogP contribution in [0.2, 0.25) is 0 Å². The molecule has 3 heterocycles. The molecular formula is C24H22F3N5. The number of alkyl halides is 2. The molecule has 0 saturated heterocycles. The highest BCUT2D eigenvalue weighted by atomic mass is 19.3. The first-order valence-electron chi connectivity index (χ1n) is 10.7.